The van der Waals surface area contributed by atoms with Gasteiger partial charge in [-0.05, 0) is 61.4 Å². The highest BCUT2D eigenvalue weighted by Crippen LogP contribution is 2.21. The fourth-order valence-electron chi connectivity index (χ4n) is 2.07. The number of halogens is 2. The van der Waals surface area contributed by atoms with E-state index in [2.05, 4.69) is 21.2 Å². The van der Waals surface area contributed by atoms with E-state index in [9.17, 15) is 0 Å². The first-order valence-electron chi connectivity index (χ1n) is 7.59. The summed E-state index contributed by atoms with van der Waals surface area (Å²) in [6, 6.07) is 15.7. The zero-order chi connectivity index (χ0) is 15.6. The number of hydrogen-bond donors (Lipinski definition) is 1. The van der Waals surface area contributed by atoms with Crippen LogP contribution in [0.1, 0.15) is 25.7 Å². The van der Waals surface area contributed by atoms with Crippen LogP contribution >= 0.6 is 27.5 Å². The van der Waals surface area contributed by atoms with Crippen molar-refractivity contribution in [1.29, 1.82) is 0 Å². The Morgan fingerprint density at radius 1 is 0.818 bits per heavy atom. The van der Waals surface area contributed by atoms with Crippen molar-refractivity contribution in [2.75, 3.05) is 17.3 Å². The van der Waals surface area contributed by atoms with Gasteiger partial charge in [-0.3, -0.25) is 0 Å². The van der Waals surface area contributed by atoms with Crippen LogP contribution in [0.25, 0.3) is 0 Å². The summed E-state index contributed by atoms with van der Waals surface area (Å²) in [4.78, 5) is 0. The molecule has 0 aliphatic rings. The minimum absolute atomic E-state index is 0.741. The number of alkyl halides is 1. The second kappa shape index (κ2) is 9.75. The van der Waals surface area contributed by atoms with Crippen molar-refractivity contribution in [1.82, 2.24) is 0 Å². The van der Waals surface area contributed by atoms with Crippen LogP contribution in [0.3, 0.4) is 0 Å². The lowest BCUT2D eigenvalue weighted by molar-refractivity contribution is 0.305. The Labute approximate surface area is 146 Å². The summed E-state index contributed by atoms with van der Waals surface area (Å²) in [5, 5.41) is 5.16. The van der Waals surface area contributed by atoms with E-state index in [1.54, 1.807) is 0 Å². The number of anilines is 2. The van der Waals surface area contributed by atoms with E-state index < -0.39 is 0 Å². The molecular formula is C18H21BrClNO. The number of ether oxygens (including phenoxy) is 1. The third-order valence-electron chi connectivity index (χ3n) is 3.28. The maximum absolute atomic E-state index is 5.88. The van der Waals surface area contributed by atoms with Gasteiger partial charge in [0.2, 0.25) is 0 Å². The normalized spacial score (nSPS) is 10.5. The van der Waals surface area contributed by atoms with Gasteiger partial charge >= 0.3 is 0 Å². The molecule has 0 bridgehead atoms. The van der Waals surface area contributed by atoms with Crippen molar-refractivity contribution in [3.05, 3.63) is 53.6 Å². The molecule has 2 aromatic rings. The maximum Gasteiger partial charge on any atom is 0.119 e. The van der Waals surface area contributed by atoms with E-state index in [0.717, 1.165) is 40.5 Å². The molecule has 0 saturated carbocycles. The first kappa shape index (κ1) is 17.2. The van der Waals surface area contributed by atoms with E-state index in [-0.39, 0.29) is 0 Å². The summed E-state index contributed by atoms with van der Waals surface area (Å²) >= 11 is 9.32. The third kappa shape index (κ3) is 6.29. The van der Waals surface area contributed by atoms with Crippen LogP contribution in [0.4, 0.5) is 11.4 Å². The molecule has 0 spiro atoms. The smallest absolute Gasteiger partial charge is 0.119 e. The van der Waals surface area contributed by atoms with Crippen LogP contribution in [0.2, 0.25) is 5.02 Å². The van der Waals surface area contributed by atoms with Crippen molar-refractivity contribution in [2.24, 2.45) is 0 Å². The summed E-state index contributed by atoms with van der Waals surface area (Å²) < 4.78 is 5.75. The second-order valence-electron chi connectivity index (χ2n) is 5.11. The molecule has 0 amide bonds. The zero-order valence-corrected chi connectivity index (χ0v) is 14.9. The first-order valence-corrected chi connectivity index (χ1v) is 9.09. The molecule has 1 N–H and O–H groups in total. The maximum atomic E-state index is 5.88. The third-order valence-corrected chi connectivity index (χ3v) is 4.10. The summed E-state index contributed by atoms with van der Waals surface area (Å²) in [6.07, 6.45) is 4.84. The average Bonchev–Trinajstić information content (AvgIpc) is 2.54. The molecule has 0 aliphatic heterocycles. The molecule has 0 aromatic heterocycles. The van der Waals surface area contributed by atoms with E-state index in [1.807, 2.05) is 48.5 Å². The summed E-state index contributed by atoms with van der Waals surface area (Å²) in [5.74, 6) is 0.919. The van der Waals surface area contributed by atoms with Crippen molar-refractivity contribution < 1.29 is 4.74 Å². The van der Waals surface area contributed by atoms with Crippen LogP contribution in [-0.4, -0.2) is 11.9 Å². The Morgan fingerprint density at radius 2 is 1.41 bits per heavy atom. The van der Waals surface area contributed by atoms with E-state index in [1.165, 1.54) is 19.3 Å². The fraction of sp³-hybridized carbons (Fsp3) is 0.333. The molecule has 0 heterocycles. The van der Waals surface area contributed by atoms with Gasteiger partial charge in [-0.1, -0.05) is 40.4 Å². The second-order valence-corrected chi connectivity index (χ2v) is 6.34. The Balaban J connectivity index is 1.74. The van der Waals surface area contributed by atoms with Crippen LogP contribution in [-0.2, 0) is 0 Å². The van der Waals surface area contributed by atoms with Crippen molar-refractivity contribution in [3.8, 4) is 5.75 Å². The molecule has 2 nitrogen and oxygen atoms in total. The van der Waals surface area contributed by atoms with Gasteiger partial charge in [0.25, 0.3) is 0 Å². The Hall–Kier alpha value is -1.19. The van der Waals surface area contributed by atoms with Crippen LogP contribution < -0.4 is 10.1 Å². The number of rotatable bonds is 9. The summed E-state index contributed by atoms with van der Waals surface area (Å²) in [6.45, 7) is 0.784. The highest BCUT2D eigenvalue weighted by atomic mass is 79.9. The van der Waals surface area contributed by atoms with Gasteiger partial charge in [-0.25, -0.2) is 0 Å². The largest absolute Gasteiger partial charge is 0.494 e. The van der Waals surface area contributed by atoms with Gasteiger partial charge in [0.15, 0.2) is 0 Å². The van der Waals surface area contributed by atoms with Crippen molar-refractivity contribution in [2.45, 2.75) is 25.7 Å². The number of benzene rings is 2. The number of unbranched alkanes of at least 4 members (excludes halogenated alkanes) is 3. The first-order chi connectivity index (χ1) is 10.8. The predicted molar refractivity (Wildman–Crippen MR) is 98.9 cm³/mol. The lowest BCUT2D eigenvalue weighted by atomic mass is 10.2. The van der Waals surface area contributed by atoms with Crippen LogP contribution in [0.5, 0.6) is 5.75 Å². The van der Waals surface area contributed by atoms with Gasteiger partial charge in [0, 0.05) is 21.7 Å². The fourth-order valence-corrected chi connectivity index (χ4v) is 2.60. The summed E-state index contributed by atoms with van der Waals surface area (Å²) in [7, 11) is 0. The monoisotopic (exact) mass is 381 g/mol. The molecule has 2 aromatic carbocycles. The van der Waals surface area contributed by atoms with E-state index in [0.29, 0.717) is 0 Å². The minimum Gasteiger partial charge on any atom is -0.494 e. The molecule has 0 radical (unpaired) electrons. The molecule has 0 aliphatic carbocycles. The minimum atomic E-state index is 0.741. The molecule has 0 atom stereocenters. The van der Waals surface area contributed by atoms with Gasteiger partial charge in [-0.15, -0.1) is 0 Å². The van der Waals surface area contributed by atoms with Gasteiger partial charge < -0.3 is 10.1 Å². The highest BCUT2D eigenvalue weighted by Gasteiger charge is 1.97. The van der Waals surface area contributed by atoms with Crippen LogP contribution in [0.15, 0.2) is 48.5 Å². The van der Waals surface area contributed by atoms with E-state index >= 15 is 0 Å². The quantitative estimate of drug-likeness (QED) is 0.399. The Bertz CT molecular complexity index is 542. The molecule has 118 valence electrons. The number of nitrogens with one attached hydrogen (secondary N) is 1. The highest BCUT2D eigenvalue weighted by molar-refractivity contribution is 9.09. The SMILES string of the molecule is Clc1ccc(Nc2ccc(OCCCCCCBr)cc2)cc1. The molecule has 0 fully saturated rings. The molecule has 4 heteroatoms. The standard InChI is InChI=1S/C18H21BrClNO/c19-13-3-1-2-4-14-22-18-11-9-17(10-12-18)21-16-7-5-15(20)6-8-16/h5-12,21H,1-4,13-14H2. The lowest BCUT2D eigenvalue weighted by Crippen LogP contribution is -1.97. The van der Waals surface area contributed by atoms with Gasteiger partial charge in [0.1, 0.15) is 5.75 Å². The van der Waals surface area contributed by atoms with E-state index in [4.69, 9.17) is 16.3 Å². The topological polar surface area (TPSA) is 21.3 Å². The van der Waals surface area contributed by atoms with Crippen molar-refractivity contribution in [3.63, 3.8) is 0 Å². The molecule has 0 saturated heterocycles. The Morgan fingerprint density at radius 3 is 2.05 bits per heavy atom. The zero-order valence-electron chi connectivity index (χ0n) is 12.5. The average molecular weight is 383 g/mol. The molecule has 2 rings (SSSR count). The number of hydrogen-bond acceptors (Lipinski definition) is 2. The lowest BCUT2D eigenvalue weighted by Gasteiger charge is -2.09. The van der Waals surface area contributed by atoms with Gasteiger partial charge in [0.05, 0.1) is 6.61 Å². The summed E-state index contributed by atoms with van der Waals surface area (Å²) in [5.41, 5.74) is 2.05. The van der Waals surface area contributed by atoms with Crippen molar-refractivity contribution >= 4 is 38.9 Å². The molecular weight excluding hydrogens is 362 g/mol. The molecule has 0 unspecified atom stereocenters. The predicted octanol–water partition coefficient (Wildman–Crippen LogP) is 6.42. The van der Waals surface area contributed by atoms with Gasteiger partial charge in [-0.2, -0.15) is 0 Å². The Kier molecular flexibility index (Phi) is 7.61. The van der Waals surface area contributed by atoms with Crippen LogP contribution in [0, 0.1) is 0 Å². The molecule has 22 heavy (non-hydrogen) atoms.